The van der Waals surface area contributed by atoms with Gasteiger partial charge in [-0.1, -0.05) is 25.9 Å². The van der Waals surface area contributed by atoms with Crippen molar-refractivity contribution in [3.63, 3.8) is 0 Å². The largest absolute Gasteiger partial charge is 0.346 e. The van der Waals surface area contributed by atoms with E-state index in [1.807, 2.05) is 0 Å². The lowest BCUT2D eigenvalue weighted by molar-refractivity contribution is 0.373. The van der Waals surface area contributed by atoms with Gasteiger partial charge in [0.25, 0.3) is 0 Å². The van der Waals surface area contributed by atoms with Crippen LogP contribution in [0.3, 0.4) is 0 Å². The van der Waals surface area contributed by atoms with Gasteiger partial charge in [-0.25, -0.2) is 0 Å². The summed E-state index contributed by atoms with van der Waals surface area (Å²) in [6, 6.07) is 2.57. The molecule has 1 saturated carbocycles. The fraction of sp³-hybridized carbons (Fsp3) is 0.625. The first-order valence-electron chi connectivity index (χ1n) is 7.89. The fourth-order valence-corrected chi connectivity index (χ4v) is 2.69. The monoisotopic (exact) mass is 288 g/mol. The van der Waals surface area contributed by atoms with Gasteiger partial charge in [0.05, 0.1) is 6.54 Å². The summed E-state index contributed by atoms with van der Waals surface area (Å²) in [5.74, 6) is 2.66. The molecular weight excluding hydrogens is 264 g/mol. The summed E-state index contributed by atoms with van der Waals surface area (Å²) >= 11 is 0. The highest BCUT2D eigenvalue weighted by atomic mass is 16.5. The van der Waals surface area contributed by atoms with E-state index in [-0.39, 0.29) is 0 Å². The second-order valence-corrected chi connectivity index (χ2v) is 6.22. The summed E-state index contributed by atoms with van der Waals surface area (Å²) in [7, 11) is 0. The predicted molar refractivity (Wildman–Crippen MR) is 81.1 cm³/mol. The highest BCUT2D eigenvalue weighted by Gasteiger charge is 2.29. The van der Waals surface area contributed by atoms with Gasteiger partial charge >= 0.3 is 0 Å². The van der Waals surface area contributed by atoms with E-state index in [9.17, 15) is 0 Å². The van der Waals surface area contributed by atoms with E-state index in [2.05, 4.69) is 59.3 Å². The first-order chi connectivity index (χ1) is 10.2. The summed E-state index contributed by atoms with van der Waals surface area (Å²) in [6.45, 7) is 8.28. The Morgan fingerprint density at radius 3 is 2.90 bits per heavy atom. The second-order valence-electron chi connectivity index (χ2n) is 6.22. The average molecular weight is 288 g/mol. The molecule has 0 amide bonds. The summed E-state index contributed by atoms with van der Waals surface area (Å²) in [4.78, 5) is 4.48. The summed E-state index contributed by atoms with van der Waals surface area (Å²) in [6.07, 6.45) is 6.65. The number of aromatic nitrogens is 3. The number of rotatable bonds is 7. The molecule has 1 aliphatic rings. The van der Waals surface area contributed by atoms with Gasteiger partial charge in [-0.05, 0) is 36.9 Å². The second kappa shape index (κ2) is 6.02. The third-order valence-electron chi connectivity index (χ3n) is 3.96. The highest BCUT2D eigenvalue weighted by molar-refractivity contribution is 5.17. The number of nitrogens with zero attached hydrogens (tertiary/aromatic N) is 3. The van der Waals surface area contributed by atoms with Crippen molar-refractivity contribution < 1.29 is 4.52 Å². The minimum Gasteiger partial charge on any atom is -0.346 e. The van der Waals surface area contributed by atoms with Crippen LogP contribution in [0.25, 0.3) is 0 Å². The van der Waals surface area contributed by atoms with Crippen LogP contribution in [-0.4, -0.2) is 21.3 Å². The van der Waals surface area contributed by atoms with Gasteiger partial charge in [0.15, 0.2) is 5.82 Å². The highest BCUT2D eigenvalue weighted by Crippen LogP contribution is 2.38. The molecule has 0 saturated heterocycles. The number of hydrogen-bond donors (Lipinski definition) is 1. The van der Waals surface area contributed by atoms with Crippen LogP contribution in [0.2, 0.25) is 0 Å². The first kappa shape index (κ1) is 14.3. The smallest absolute Gasteiger partial charge is 0.229 e. The van der Waals surface area contributed by atoms with Gasteiger partial charge in [-0.15, -0.1) is 0 Å². The van der Waals surface area contributed by atoms with Crippen LogP contribution in [0.5, 0.6) is 0 Å². The first-order valence-corrected chi connectivity index (χ1v) is 7.89. The van der Waals surface area contributed by atoms with E-state index in [0.29, 0.717) is 24.4 Å². The van der Waals surface area contributed by atoms with Crippen molar-refractivity contribution in [1.82, 2.24) is 20.0 Å². The molecule has 1 aliphatic carbocycles. The van der Waals surface area contributed by atoms with Gasteiger partial charge in [0.1, 0.15) is 0 Å². The van der Waals surface area contributed by atoms with Crippen LogP contribution in [-0.2, 0) is 6.54 Å². The molecule has 0 aromatic carbocycles. The maximum absolute atomic E-state index is 5.31. The molecule has 2 aromatic heterocycles. The lowest BCUT2D eigenvalue weighted by Crippen LogP contribution is -2.25. The Morgan fingerprint density at radius 2 is 2.24 bits per heavy atom. The van der Waals surface area contributed by atoms with E-state index < -0.39 is 0 Å². The van der Waals surface area contributed by atoms with Crippen molar-refractivity contribution >= 4 is 0 Å². The predicted octanol–water partition coefficient (Wildman–Crippen LogP) is 3.10. The summed E-state index contributed by atoms with van der Waals surface area (Å²) in [5, 5.41) is 7.62. The van der Waals surface area contributed by atoms with Crippen molar-refractivity contribution in [3.8, 4) is 0 Å². The maximum atomic E-state index is 5.31. The minimum absolute atomic E-state index is 0.392. The molecule has 1 atom stereocenters. The molecular formula is C16H24N4O. The van der Waals surface area contributed by atoms with Crippen molar-refractivity contribution in [2.24, 2.45) is 5.92 Å². The molecule has 0 aliphatic heterocycles. The van der Waals surface area contributed by atoms with Crippen LogP contribution in [0.15, 0.2) is 23.0 Å². The topological polar surface area (TPSA) is 55.9 Å². The SMILES string of the molecule is CCNC(c1ccn(Cc2noc(C3CC3)n2)c1)C(C)C. The molecule has 2 heterocycles. The zero-order valence-electron chi connectivity index (χ0n) is 13.0. The molecule has 5 nitrogen and oxygen atoms in total. The van der Waals surface area contributed by atoms with E-state index in [1.54, 1.807) is 0 Å². The van der Waals surface area contributed by atoms with Crippen LogP contribution in [0.4, 0.5) is 0 Å². The van der Waals surface area contributed by atoms with Crippen molar-refractivity contribution in [1.29, 1.82) is 0 Å². The number of hydrogen-bond acceptors (Lipinski definition) is 4. The molecule has 21 heavy (non-hydrogen) atoms. The van der Waals surface area contributed by atoms with Crippen LogP contribution >= 0.6 is 0 Å². The molecule has 0 radical (unpaired) electrons. The van der Waals surface area contributed by atoms with Gasteiger partial charge < -0.3 is 14.4 Å². The van der Waals surface area contributed by atoms with Crippen LogP contribution in [0, 0.1) is 5.92 Å². The third kappa shape index (κ3) is 3.35. The van der Waals surface area contributed by atoms with E-state index >= 15 is 0 Å². The molecule has 1 fully saturated rings. The Bertz CT molecular complexity index is 583. The molecule has 1 unspecified atom stereocenters. The van der Waals surface area contributed by atoms with Crippen molar-refractivity contribution in [3.05, 3.63) is 35.7 Å². The van der Waals surface area contributed by atoms with E-state index in [1.165, 1.54) is 18.4 Å². The Hall–Kier alpha value is -1.62. The van der Waals surface area contributed by atoms with E-state index in [0.717, 1.165) is 18.3 Å². The summed E-state index contributed by atoms with van der Waals surface area (Å²) < 4.78 is 7.43. The standard InChI is InChI=1S/C16H24N4O/c1-4-17-15(11(2)3)13-7-8-20(9-13)10-14-18-16(21-19-14)12-5-6-12/h7-9,11-12,15,17H,4-6,10H2,1-3H3. The summed E-state index contributed by atoms with van der Waals surface area (Å²) in [5.41, 5.74) is 1.32. The Morgan fingerprint density at radius 1 is 1.43 bits per heavy atom. The van der Waals surface area contributed by atoms with Gasteiger partial charge in [0, 0.05) is 24.4 Å². The van der Waals surface area contributed by atoms with Crippen molar-refractivity contribution in [2.45, 2.75) is 52.1 Å². The molecule has 2 aromatic rings. The molecule has 0 bridgehead atoms. The minimum atomic E-state index is 0.392. The maximum Gasteiger partial charge on any atom is 0.229 e. The van der Waals surface area contributed by atoms with E-state index in [4.69, 9.17) is 4.52 Å². The quantitative estimate of drug-likeness (QED) is 0.850. The van der Waals surface area contributed by atoms with Gasteiger partial charge in [-0.3, -0.25) is 0 Å². The molecule has 114 valence electrons. The van der Waals surface area contributed by atoms with Gasteiger partial charge in [-0.2, -0.15) is 4.98 Å². The van der Waals surface area contributed by atoms with Crippen LogP contribution in [0.1, 0.15) is 62.9 Å². The Balaban J connectivity index is 1.68. The van der Waals surface area contributed by atoms with Gasteiger partial charge in [0.2, 0.25) is 5.89 Å². The normalized spacial score (nSPS) is 16.6. The average Bonchev–Trinajstić information content (AvgIpc) is 3.03. The number of nitrogens with one attached hydrogen (secondary N) is 1. The lowest BCUT2D eigenvalue weighted by Gasteiger charge is -2.20. The third-order valence-corrected chi connectivity index (χ3v) is 3.96. The fourth-order valence-electron chi connectivity index (χ4n) is 2.69. The van der Waals surface area contributed by atoms with Crippen molar-refractivity contribution in [2.75, 3.05) is 6.54 Å². The lowest BCUT2D eigenvalue weighted by atomic mass is 9.98. The Labute approximate surface area is 125 Å². The Kier molecular flexibility index (Phi) is 4.10. The zero-order chi connectivity index (χ0) is 14.8. The zero-order valence-corrected chi connectivity index (χ0v) is 13.0. The van der Waals surface area contributed by atoms with Crippen LogP contribution < -0.4 is 5.32 Å². The molecule has 0 spiro atoms. The molecule has 1 N–H and O–H groups in total. The molecule has 3 rings (SSSR count). The molecule has 5 heteroatoms.